The van der Waals surface area contributed by atoms with E-state index < -0.39 is 10.8 Å². The Morgan fingerprint density at radius 1 is 1.77 bits per heavy atom. The smallest absolute Gasteiger partial charge is 0.317 e. The van der Waals surface area contributed by atoms with Crippen LogP contribution in [0.4, 0.5) is 0 Å². The van der Waals surface area contributed by atoms with E-state index >= 15 is 0 Å². The molecule has 74 valence electrons. The largest absolute Gasteiger partial charge is 0.480 e. The summed E-state index contributed by atoms with van der Waals surface area (Å²) in [6.07, 6.45) is 1.93. The number of hydrogen-bond donors (Lipinski definition) is 2. The van der Waals surface area contributed by atoms with E-state index in [1.807, 2.05) is 12.3 Å². The number of thioether (sulfide) groups is 2. The minimum absolute atomic E-state index is 0.189. The summed E-state index contributed by atoms with van der Waals surface area (Å²) < 4.78 is 0. The van der Waals surface area contributed by atoms with Crippen LogP contribution in [0.25, 0.3) is 0 Å². The Hall–Kier alpha value is -0.380. The van der Waals surface area contributed by atoms with E-state index in [0.717, 1.165) is 5.08 Å². The van der Waals surface area contributed by atoms with Crippen LogP contribution in [0.1, 0.15) is 6.92 Å². The average molecular weight is 220 g/mol. The van der Waals surface area contributed by atoms with Crippen LogP contribution in [-0.2, 0) is 4.79 Å². The molecule has 0 amide bonds. The Balaban J connectivity index is 3.97. The third kappa shape index (κ3) is 5.80. The summed E-state index contributed by atoms with van der Waals surface area (Å²) >= 11 is 3.00. The van der Waals surface area contributed by atoms with E-state index in [4.69, 9.17) is 10.4 Å². The van der Waals surface area contributed by atoms with E-state index in [9.17, 15) is 4.79 Å². The first-order valence-corrected chi connectivity index (χ1v) is 5.93. The van der Waals surface area contributed by atoms with Gasteiger partial charge in [-0.1, -0.05) is 0 Å². The van der Waals surface area contributed by atoms with Crippen molar-refractivity contribution in [2.45, 2.75) is 11.8 Å². The second-order valence-electron chi connectivity index (χ2n) is 2.44. The molecule has 0 spiro atoms. The van der Waals surface area contributed by atoms with Gasteiger partial charge in [0, 0.05) is 5.08 Å². The maximum atomic E-state index is 10.2. The SMILES string of the molecule is CSCSC(C)(C#N)NCC(=O)O. The third-order valence-corrected chi connectivity index (χ3v) is 3.48. The van der Waals surface area contributed by atoms with Crippen LogP contribution in [-0.4, -0.2) is 33.8 Å². The number of aliphatic carboxylic acids is 1. The van der Waals surface area contributed by atoms with Crippen LogP contribution in [0.3, 0.4) is 0 Å². The van der Waals surface area contributed by atoms with E-state index in [1.165, 1.54) is 11.8 Å². The van der Waals surface area contributed by atoms with Gasteiger partial charge in [0.1, 0.15) is 0 Å². The van der Waals surface area contributed by atoms with E-state index in [1.54, 1.807) is 18.7 Å². The molecule has 0 radical (unpaired) electrons. The first kappa shape index (κ1) is 12.6. The van der Waals surface area contributed by atoms with Gasteiger partial charge in [0.25, 0.3) is 0 Å². The number of nitriles is 1. The van der Waals surface area contributed by atoms with Gasteiger partial charge in [0.2, 0.25) is 0 Å². The van der Waals surface area contributed by atoms with Crippen molar-refractivity contribution in [2.24, 2.45) is 0 Å². The molecule has 1 atom stereocenters. The van der Waals surface area contributed by atoms with Crippen LogP contribution in [0.5, 0.6) is 0 Å². The highest BCUT2D eigenvalue weighted by Crippen LogP contribution is 2.23. The third-order valence-electron chi connectivity index (χ3n) is 1.26. The standard InChI is InChI=1S/C7H12N2O2S2/c1-7(4-8,13-5-12-2)9-3-6(10)11/h9H,3,5H2,1-2H3,(H,10,11). The van der Waals surface area contributed by atoms with Crippen molar-refractivity contribution in [3.05, 3.63) is 0 Å². The van der Waals surface area contributed by atoms with Crippen molar-refractivity contribution in [2.75, 3.05) is 17.9 Å². The summed E-state index contributed by atoms with van der Waals surface area (Å²) in [5, 5.41) is 20.6. The number of carbonyl (C=O) groups is 1. The number of nitrogens with one attached hydrogen (secondary N) is 1. The zero-order chi connectivity index (χ0) is 10.3. The molecule has 0 aromatic carbocycles. The normalized spacial score (nSPS) is 14.5. The lowest BCUT2D eigenvalue weighted by atomic mass is 10.3. The molecule has 13 heavy (non-hydrogen) atoms. The average Bonchev–Trinajstić information content (AvgIpc) is 2.11. The molecule has 6 heteroatoms. The Morgan fingerprint density at radius 2 is 2.38 bits per heavy atom. The highest BCUT2D eigenvalue weighted by Gasteiger charge is 2.23. The Bertz CT molecular complexity index is 217. The zero-order valence-electron chi connectivity index (χ0n) is 7.53. The van der Waals surface area contributed by atoms with Crippen molar-refractivity contribution in [1.29, 1.82) is 5.26 Å². The fourth-order valence-electron chi connectivity index (χ4n) is 0.544. The maximum absolute atomic E-state index is 10.2. The molecule has 0 aromatic heterocycles. The highest BCUT2D eigenvalue weighted by atomic mass is 32.2. The molecule has 0 aliphatic heterocycles. The summed E-state index contributed by atoms with van der Waals surface area (Å²) in [7, 11) is 0. The van der Waals surface area contributed by atoms with Crippen LogP contribution < -0.4 is 5.32 Å². The molecule has 0 saturated carbocycles. The fraction of sp³-hybridized carbons (Fsp3) is 0.714. The van der Waals surface area contributed by atoms with Gasteiger partial charge >= 0.3 is 5.97 Å². The molecule has 0 bridgehead atoms. The Labute approximate surface area is 86.1 Å². The van der Waals surface area contributed by atoms with Gasteiger partial charge < -0.3 is 5.11 Å². The number of rotatable bonds is 6. The second-order valence-corrected chi connectivity index (χ2v) is 5.07. The Morgan fingerprint density at radius 3 is 2.77 bits per heavy atom. The molecule has 0 rings (SSSR count). The molecule has 0 saturated heterocycles. The van der Waals surface area contributed by atoms with E-state index in [-0.39, 0.29) is 6.54 Å². The number of carboxylic acids is 1. The van der Waals surface area contributed by atoms with Gasteiger partial charge in [-0.2, -0.15) is 17.0 Å². The molecular weight excluding hydrogens is 208 g/mol. The molecule has 1 unspecified atom stereocenters. The van der Waals surface area contributed by atoms with Gasteiger partial charge in [0.05, 0.1) is 12.6 Å². The maximum Gasteiger partial charge on any atom is 0.317 e. The molecule has 4 nitrogen and oxygen atoms in total. The number of nitrogens with zero attached hydrogens (tertiary/aromatic N) is 1. The Kier molecular flexibility index (Phi) is 5.95. The van der Waals surface area contributed by atoms with Crippen LogP contribution in [0.15, 0.2) is 0 Å². The highest BCUT2D eigenvalue weighted by molar-refractivity contribution is 8.16. The molecule has 0 aliphatic carbocycles. The predicted octanol–water partition coefficient (Wildman–Crippen LogP) is 0.954. The molecular formula is C7H12N2O2S2. The first-order chi connectivity index (χ1) is 6.04. The molecule has 0 aromatic rings. The number of carboxylic acid groups (broad SMARTS) is 1. The van der Waals surface area contributed by atoms with Crippen LogP contribution in [0, 0.1) is 11.3 Å². The summed E-state index contributed by atoms with van der Waals surface area (Å²) in [6, 6.07) is 2.04. The summed E-state index contributed by atoms with van der Waals surface area (Å²) in [4.78, 5) is 9.45. The molecule has 2 N–H and O–H groups in total. The van der Waals surface area contributed by atoms with Crippen molar-refractivity contribution in [3.8, 4) is 6.07 Å². The zero-order valence-corrected chi connectivity index (χ0v) is 9.17. The van der Waals surface area contributed by atoms with Crippen molar-refractivity contribution in [3.63, 3.8) is 0 Å². The van der Waals surface area contributed by atoms with Crippen molar-refractivity contribution >= 4 is 29.5 Å². The minimum Gasteiger partial charge on any atom is -0.480 e. The monoisotopic (exact) mass is 220 g/mol. The summed E-state index contributed by atoms with van der Waals surface area (Å²) in [6.45, 7) is 1.49. The summed E-state index contributed by atoms with van der Waals surface area (Å²) in [5.41, 5.74) is 0. The van der Waals surface area contributed by atoms with Crippen LogP contribution in [0.2, 0.25) is 0 Å². The van der Waals surface area contributed by atoms with E-state index in [0.29, 0.717) is 0 Å². The molecule has 0 heterocycles. The predicted molar refractivity (Wildman–Crippen MR) is 55.6 cm³/mol. The first-order valence-electron chi connectivity index (χ1n) is 3.55. The van der Waals surface area contributed by atoms with Gasteiger partial charge in [-0.25, -0.2) is 0 Å². The topological polar surface area (TPSA) is 73.1 Å². The van der Waals surface area contributed by atoms with Crippen LogP contribution >= 0.6 is 23.5 Å². The van der Waals surface area contributed by atoms with Crippen molar-refractivity contribution < 1.29 is 9.90 Å². The lowest BCUT2D eigenvalue weighted by Gasteiger charge is -2.20. The minimum atomic E-state index is -0.953. The van der Waals surface area contributed by atoms with Gasteiger partial charge in [-0.15, -0.1) is 11.8 Å². The second kappa shape index (κ2) is 6.13. The van der Waals surface area contributed by atoms with Gasteiger partial charge in [-0.3, -0.25) is 10.1 Å². The fourth-order valence-corrected chi connectivity index (χ4v) is 2.20. The lowest BCUT2D eigenvalue weighted by Crippen LogP contribution is -2.40. The lowest BCUT2D eigenvalue weighted by molar-refractivity contribution is -0.136. The number of hydrogen-bond acceptors (Lipinski definition) is 5. The van der Waals surface area contributed by atoms with Gasteiger partial charge in [0.15, 0.2) is 4.87 Å². The van der Waals surface area contributed by atoms with E-state index in [2.05, 4.69) is 5.32 Å². The summed E-state index contributed by atoms with van der Waals surface area (Å²) in [5.74, 6) is -0.953. The molecule has 0 fully saturated rings. The van der Waals surface area contributed by atoms with Crippen molar-refractivity contribution in [1.82, 2.24) is 5.32 Å². The quantitative estimate of drug-likeness (QED) is 0.649. The molecule has 0 aliphatic rings. The van der Waals surface area contributed by atoms with Gasteiger partial charge in [-0.05, 0) is 13.2 Å².